The van der Waals surface area contributed by atoms with Gasteiger partial charge in [-0.15, -0.1) is 0 Å². The van der Waals surface area contributed by atoms with E-state index in [-0.39, 0.29) is 37.9 Å². The van der Waals surface area contributed by atoms with Crippen LogP contribution in [0.4, 0.5) is 0 Å². The number of carbonyl (C=O) groups is 4. The van der Waals surface area contributed by atoms with Gasteiger partial charge in [0.2, 0.25) is 0 Å². The van der Waals surface area contributed by atoms with Crippen molar-refractivity contribution in [1.82, 2.24) is 0 Å². The molecule has 8 nitrogen and oxygen atoms in total. The molecule has 0 aliphatic carbocycles. The Kier molecular flexibility index (Phi) is 10.6. The summed E-state index contributed by atoms with van der Waals surface area (Å²) in [6.07, 6.45) is -0.141. The van der Waals surface area contributed by atoms with E-state index in [0.717, 1.165) is 0 Å². The maximum Gasteiger partial charge on any atom is 0.306 e. The van der Waals surface area contributed by atoms with Crippen molar-refractivity contribution in [2.24, 2.45) is 5.92 Å². The van der Waals surface area contributed by atoms with E-state index in [4.69, 9.17) is 18.9 Å². The molecule has 1 atom stereocenters. The minimum absolute atomic E-state index is 0.0576. The van der Waals surface area contributed by atoms with Crippen molar-refractivity contribution in [2.45, 2.75) is 72.5 Å². The Bertz CT molecular complexity index is 474. The lowest BCUT2D eigenvalue weighted by Gasteiger charge is -2.21. The third kappa shape index (κ3) is 14.2. The van der Waals surface area contributed by atoms with Crippen LogP contribution in [0.3, 0.4) is 0 Å². The largest absolute Gasteiger partial charge is 0.462 e. The average molecular weight is 374 g/mol. The zero-order valence-electron chi connectivity index (χ0n) is 16.5. The summed E-state index contributed by atoms with van der Waals surface area (Å²) in [6, 6.07) is 0. The predicted molar refractivity (Wildman–Crippen MR) is 92.0 cm³/mol. The van der Waals surface area contributed by atoms with Gasteiger partial charge in [-0.2, -0.15) is 0 Å². The average Bonchev–Trinajstić information content (AvgIpc) is 2.45. The molecule has 0 heterocycles. The Morgan fingerprint density at radius 3 is 1.81 bits per heavy atom. The van der Waals surface area contributed by atoms with Crippen LogP contribution in [-0.4, -0.2) is 48.8 Å². The molecule has 0 aromatic rings. The molecule has 8 heteroatoms. The van der Waals surface area contributed by atoms with Crippen LogP contribution in [0.2, 0.25) is 0 Å². The number of hydrogen-bond acceptors (Lipinski definition) is 8. The monoisotopic (exact) mass is 374 g/mol. The lowest BCUT2D eigenvalue weighted by molar-refractivity contribution is -0.165. The number of rotatable bonds is 10. The molecule has 0 saturated heterocycles. The van der Waals surface area contributed by atoms with Crippen LogP contribution >= 0.6 is 0 Å². The highest BCUT2D eigenvalue weighted by molar-refractivity contribution is 5.71. The van der Waals surface area contributed by atoms with Gasteiger partial charge in [-0.25, -0.2) is 0 Å². The molecular formula is C18H30O8. The first-order valence-electron chi connectivity index (χ1n) is 8.57. The van der Waals surface area contributed by atoms with Crippen molar-refractivity contribution in [3.8, 4) is 0 Å². The van der Waals surface area contributed by atoms with E-state index in [0.29, 0.717) is 6.42 Å². The molecule has 1 unspecified atom stereocenters. The molecule has 0 aromatic heterocycles. The minimum atomic E-state index is -0.864. The summed E-state index contributed by atoms with van der Waals surface area (Å²) < 4.78 is 20.0. The standard InChI is InChI=1S/C18H30O8/c1-12(9-17(22)26-18(4,5)6)7-8-16(21)25-15(10-23-13(2)19)11-24-14(3)20/h12,15H,7-11H2,1-6H3. The lowest BCUT2D eigenvalue weighted by atomic mass is 10.0. The van der Waals surface area contributed by atoms with Gasteiger partial charge in [0, 0.05) is 26.7 Å². The summed E-state index contributed by atoms with van der Waals surface area (Å²) in [4.78, 5) is 45.4. The first-order chi connectivity index (χ1) is 11.9. The number of carbonyl (C=O) groups excluding carboxylic acids is 4. The summed E-state index contributed by atoms with van der Waals surface area (Å²) >= 11 is 0. The highest BCUT2D eigenvalue weighted by Gasteiger charge is 2.21. The van der Waals surface area contributed by atoms with Crippen LogP contribution in [0.1, 0.15) is 60.8 Å². The van der Waals surface area contributed by atoms with Crippen LogP contribution in [0, 0.1) is 5.92 Å². The van der Waals surface area contributed by atoms with Gasteiger partial charge >= 0.3 is 23.9 Å². The first kappa shape index (κ1) is 23.9. The van der Waals surface area contributed by atoms with Crippen molar-refractivity contribution in [1.29, 1.82) is 0 Å². The molecule has 0 saturated carbocycles. The zero-order valence-corrected chi connectivity index (χ0v) is 16.5. The Morgan fingerprint density at radius 2 is 1.38 bits per heavy atom. The van der Waals surface area contributed by atoms with E-state index >= 15 is 0 Å². The smallest absolute Gasteiger partial charge is 0.306 e. The number of esters is 4. The summed E-state index contributed by atoms with van der Waals surface area (Å²) in [5.41, 5.74) is -0.545. The van der Waals surface area contributed by atoms with Gasteiger partial charge in [-0.05, 0) is 33.1 Å². The second-order valence-corrected chi connectivity index (χ2v) is 7.15. The summed E-state index contributed by atoms with van der Waals surface area (Å²) in [6.45, 7) is 9.28. The Labute approximate surface area is 154 Å². The molecule has 0 aliphatic heterocycles. The van der Waals surface area contributed by atoms with Crippen LogP contribution in [0.25, 0.3) is 0 Å². The molecular weight excluding hydrogens is 344 g/mol. The maximum absolute atomic E-state index is 11.9. The fourth-order valence-corrected chi connectivity index (χ4v) is 1.92. The van der Waals surface area contributed by atoms with Crippen molar-refractivity contribution >= 4 is 23.9 Å². The molecule has 0 aromatic carbocycles. The van der Waals surface area contributed by atoms with Gasteiger partial charge in [0.05, 0.1) is 0 Å². The van der Waals surface area contributed by atoms with Gasteiger partial charge in [0.1, 0.15) is 18.8 Å². The van der Waals surface area contributed by atoms with E-state index < -0.39 is 29.6 Å². The van der Waals surface area contributed by atoms with Gasteiger partial charge < -0.3 is 18.9 Å². The summed E-state index contributed by atoms with van der Waals surface area (Å²) in [5.74, 6) is -1.95. The highest BCUT2D eigenvalue weighted by Crippen LogP contribution is 2.16. The van der Waals surface area contributed by atoms with Gasteiger partial charge in [-0.3, -0.25) is 19.2 Å². The normalized spacial score (nSPS) is 12.3. The van der Waals surface area contributed by atoms with Crippen LogP contribution in [-0.2, 0) is 38.1 Å². The molecule has 0 amide bonds. The lowest BCUT2D eigenvalue weighted by Crippen LogP contribution is -2.30. The van der Waals surface area contributed by atoms with Crippen molar-refractivity contribution < 1.29 is 38.1 Å². The fourth-order valence-electron chi connectivity index (χ4n) is 1.92. The van der Waals surface area contributed by atoms with Crippen LogP contribution in [0.5, 0.6) is 0 Å². The van der Waals surface area contributed by atoms with E-state index in [2.05, 4.69) is 0 Å². The molecule has 0 radical (unpaired) electrons. The molecule has 0 fully saturated rings. The molecule has 0 aliphatic rings. The zero-order chi connectivity index (χ0) is 20.3. The predicted octanol–water partition coefficient (Wildman–Crippen LogP) is 2.17. The number of ether oxygens (including phenoxy) is 4. The van der Waals surface area contributed by atoms with Crippen molar-refractivity contribution in [2.75, 3.05) is 13.2 Å². The van der Waals surface area contributed by atoms with E-state index in [9.17, 15) is 19.2 Å². The summed E-state index contributed by atoms with van der Waals surface area (Å²) in [5, 5.41) is 0. The third-order valence-electron chi connectivity index (χ3n) is 3.02. The molecule has 0 rings (SSSR count). The highest BCUT2D eigenvalue weighted by atomic mass is 16.6. The third-order valence-corrected chi connectivity index (χ3v) is 3.02. The van der Waals surface area contributed by atoms with Crippen molar-refractivity contribution in [3.63, 3.8) is 0 Å². The maximum atomic E-state index is 11.9. The van der Waals surface area contributed by atoms with Crippen molar-refractivity contribution in [3.05, 3.63) is 0 Å². The topological polar surface area (TPSA) is 105 Å². The number of hydrogen-bond donors (Lipinski definition) is 0. The van der Waals surface area contributed by atoms with E-state index in [1.54, 1.807) is 20.8 Å². The second kappa shape index (κ2) is 11.5. The summed E-state index contributed by atoms with van der Waals surface area (Å²) in [7, 11) is 0. The molecule has 0 N–H and O–H groups in total. The van der Waals surface area contributed by atoms with Gasteiger partial charge in [0.15, 0.2) is 6.10 Å². The quantitative estimate of drug-likeness (QED) is 0.423. The first-order valence-corrected chi connectivity index (χ1v) is 8.57. The second-order valence-electron chi connectivity index (χ2n) is 7.15. The van der Waals surface area contributed by atoms with Crippen LogP contribution in [0.15, 0.2) is 0 Å². The van der Waals surface area contributed by atoms with E-state index in [1.165, 1.54) is 13.8 Å². The molecule has 150 valence electrons. The Morgan fingerprint density at radius 1 is 0.885 bits per heavy atom. The Hall–Kier alpha value is -2.12. The fraction of sp³-hybridized carbons (Fsp3) is 0.778. The minimum Gasteiger partial charge on any atom is -0.462 e. The van der Waals surface area contributed by atoms with Gasteiger partial charge in [-0.1, -0.05) is 6.92 Å². The van der Waals surface area contributed by atoms with Gasteiger partial charge in [0.25, 0.3) is 0 Å². The Balaban J connectivity index is 4.33. The molecule has 0 spiro atoms. The SMILES string of the molecule is CC(=O)OCC(COC(C)=O)OC(=O)CCC(C)CC(=O)OC(C)(C)C. The van der Waals surface area contributed by atoms with Crippen LogP contribution < -0.4 is 0 Å². The van der Waals surface area contributed by atoms with E-state index in [1.807, 2.05) is 6.92 Å². The molecule has 0 bridgehead atoms. The molecule has 26 heavy (non-hydrogen) atoms.